The van der Waals surface area contributed by atoms with E-state index in [9.17, 15) is 0 Å². The Morgan fingerprint density at radius 2 is 0.537 bits per heavy atom. The van der Waals surface area contributed by atoms with Gasteiger partial charge in [0.15, 0.2) is 0 Å². The predicted molar refractivity (Wildman–Crippen MR) is 286 cm³/mol. The van der Waals surface area contributed by atoms with Crippen LogP contribution in [0.3, 0.4) is 0 Å². The molecule has 0 radical (unpaired) electrons. The zero-order valence-electron chi connectivity index (χ0n) is 36.9. The van der Waals surface area contributed by atoms with E-state index in [-0.39, 0.29) is 0 Å². The maximum absolute atomic E-state index is 2.45. The lowest BCUT2D eigenvalue weighted by Gasteiger charge is -2.27. The molecule has 0 aliphatic rings. The van der Waals surface area contributed by atoms with Gasteiger partial charge >= 0.3 is 0 Å². The summed E-state index contributed by atoms with van der Waals surface area (Å²) in [7, 11) is 0. The van der Waals surface area contributed by atoms with Gasteiger partial charge in [0.1, 0.15) is 0 Å². The number of fused-ring (bicyclic) bond motifs is 6. The fourth-order valence-electron chi connectivity index (χ4n) is 10.0. The topological polar surface area (TPSA) is 3.24 Å². The summed E-state index contributed by atoms with van der Waals surface area (Å²) in [6.45, 7) is 0. The van der Waals surface area contributed by atoms with Crippen LogP contribution in [0.15, 0.2) is 273 Å². The molecule has 1 nitrogen and oxygen atoms in total. The lowest BCUT2D eigenvalue weighted by atomic mass is 9.81. The first-order valence-corrected chi connectivity index (χ1v) is 23.1. The Kier molecular flexibility index (Phi) is 10.3. The van der Waals surface area contributed by atoms with Crippen LogP contribution in [-0.2, 0) is 0 Å². The van der Waals surface area contributed by atoms with Gasteiger partial charge in [0.25, 0.3) is 0 Å². The number of hydrogen-bond donors (Lipinski definition) is 0. The van der Waals surface area contributed by atoms with E-state index in [1.54, 1.807) is 0 Å². The van der Waals surface area contributed by atoms with Gasteiger partial charge in [-0.25, -0.2) is 0 Å². The summed E-state index contributed by atoms with van der Waals surface area (Å²) in [6.07, 6.45) is 0. The second-order valence-corrected chi connectivity index (χ2v) is 17.2. The molecule has 1 heteroatoms. The van der Waals surface area contributed by atoms with Gasteiger partial charge in [-0.1, -0.05) is 231 Å². The van der Waals surface area contributed by atoms with Crippen molar-refractivity contribution < 1.29 is 0 Å². The van der Waals surface area contributed by atoms with Gasteiger partial charge in [-0.3, -0.25) is 0 Å². The average molecular weight is 852 g/mol. The SMILES string of the molecule is c1ccc(-c2ccc(-c3cc(-c4ccccc4)c4c5ccccc5c5cc(N(c6ccc(-c7ccccc7)cc6)c6ccc(-c7ccccc7)cc6)ccc5c4c3-c3ccccc3)cc2)cc1. The number of hydrogen-bond acceptors (Lipinski definition) is 1. The van der Waals surface area contributed by atoms with Crippen molar-refractivity contribution in [3.8, 4) is 66.8 Å². The minimum atomic E-state index is 1.09. The zero-order valence-corrected chi connectivity index (χ0v) is 36.9. The van der Waals surface area contributed by atoms with Crippen LogP contribution in [0, 0.1) is 0 Å². The highest BCUT2D eigenvalue weighted by Gasteiger charge is 2.23. The van der Waals surface area contributed by atoms with Gasteiger partial charge < -0.3 is 4.90 Å². The Hall–Kier alpha value is -8.78. The minimum absolute atomic E-state index is 1.09. The molecule has 0 unspecified atom stereocenters. The number of benzene rings is 12. The van der Waals surface area contributed by atoms with Crippen LogP contribution in [0.1, 0.15) is 0 Å². The smallest absolute Gasteiger partial charge is 0.0468 e. The van der Waals surface area contributed by atoms with Crippen molar-refractivity contribution in [1.29, 1.82) is 0 Å². The molecule has 0 fully saturated rings. The van der Waals surface area contributed by atoms with Gasteiger partial charge in [-0.15, -0.1) is 0 Å². The van der Waals surface area contributed by atoms with Crippen molar-refractivity contribution in [3.63, 3.8) is 0 Å². The normalized spacial score (nSPS) is 11.3. The Morgan fingerprint density at radius 3 is 1.03 bits per heavy atom. The van der Waals surface area contributed by atoms with Crippen LogP contribution in [0.25, 0.3) is 99.1 Å². The Balaban J connectivity index is 1.13. The summed E-state index contributed by atoms with van der Waals surface area (Å²) in [5, 5.41) is 7.39. The monoisotopic (exact) mass is 851 g/mol. The molecule has 0 saturated heterocycles. The Bertz CT molecular complexity index is 3580. The Labute approximate surface area is 392 Å². The summed E-state index contributed by atoms with van der Waals surface area (Å²) in [6, 6.07) is 99.5. The third-order valence-electron chi connectivity index (χ3n) is 13.3. The molecule has 0 saturated carbocycles. The van der Waals surface area contributed by atoms with Crippen LogP contribution in [0.2, 0.25) is 0 Å². The van der Waals surface area contributed by atoms with Crippen molar-refractivity contribution >= 4 is 49.4 Å². The van der Waals surface area contributed by atoms with Crippen LogP contribution < -0.4 is 4.90 Å². The first-order chi connectivity index (χ1) is 33.2. The largest absolute Gasteiger partial charge is 0.310 e. The second kappa shape index (κ2) is 17.3. The van der Waals surface area contributed by atoms with Gasteiger partial charge in [0, 0.05) is 17.1 Å². The number of nitrogens with zero attached hydrogens (tertiary/aromatic N) is 1. The molecule has 314 valence electrons. The van der Waals surface area contributed by atoms with Gasteiger partial charge in [0.2, 0.25) is 0 Å². The standard InChI is InChI=1S/C66H45N/c1-6-18-46(19-7-1)49-30-32-53(33-31-49)61-45-62(52-24-12-4-13-25-52)65-59-29-17-16-28-58(59)63-44-57(42-43-60(63)66(65)64(61)54-26-14-5-15-27-54)67(55-38-34-50(35-39-55)47-20-8-2-9-21-47)56-40-36-51(37-41-56)48-22-10-3-11-23-48/h1-45H. The molecular weight excluding hydrogens is 807 g/mol. The molecule has 0 bridgehead atoms. The fourth-order valence-corrected chi connectivity index (χ4v) is 10.0. The molecule has 0 heterocycles. The molecular formula is C66H45N. The number of rotatable bonds is 9. The molecule has 12 aromatic carbocycles. The Morgan fingerprint density at radius 1 is 0.194 bits per heavy atom. The molecule has 0 aliphatic heterocycles. The van der Waals surface area contributed by atoms with Crippen molar-refractivity contribution in [2.75, 3.05) is 4.90 Å². The quantitative estimate of drug-likeness (QED) is 0.131. The van der Waals surface area contributed by atoms with Gasteiger partial charge in [0.05, 0.1) is 0 Å². The summed E-state index contributed by atoms with van der Waals surface area (Å²) >= 11 is 0. The van der Waals surface area contributed by atoms with Crippen LogP contribution in [0.4, 0.5) is 17.1 Å². The third-order valence-corrected chi connectivity index (χ3v) is 13.3. The summed E-state index contributed by atoms with van der Waals surface area (Å²) in [4.78, 5) is 2.40. The van der Waals surface area contributed by atoms with Crippen LogP contribution >= 0.6 is 0 Å². The lowest BCUT2D eigenvalue weighted by molar-refractivity contribution is 1.29. The van der Waals surface area contributed by atoms with E-state index in [1.165, 1.54) is 99.1 Å². The van der Waals surface area contributed by atoms with E-state index in [4.69, 9.17) is 0 Å². The number of anilines is 3. The molecule has 0 N–H and O–H groups in total. The maximum Gasteiger partial charge on any atom is 0.0468 e. The van der Waals surface area contributed by atoms with Crippen molar-refractivity contribution in [3.05, 3.63) is 273 Å². The summed E-state index contributed by atoms with van der Waals surface area (Å²) in [5.41, 5.74) is 17.7. The van der Waals surface area contributed by atoms with E-state index >= 15 is 0 Å². The highest BCUT2D eigenvalue weighted by atomic mass is 15.1. The van der Waals surface area contributed by atoms with Crippen molar-refractivity contribution in [2.24, 2.45) is 0 Å². The van der Waals surface area contributed by atoms with E-state index in [0.29, 0.717) is 0 Å². The van der Waals surface area contributed by atoms with Gasteiger partial charge in [-0.05, 0) is 142 Å². The summed E-state index contributed by atoms with van der Waals surface area (Å²) < 4.78 is 0. The second-order valence-electron chi connectivity index (χ2n) is 17.2. The molecule has 0 aliphatic carbocycles. The molecule has 67 heavy (non-hydrogen) atoms. The minimum Gasteiger partial charge on any atom is -0.310 e. The molecule has 0 atom stereocenters. The molecule has 0 amide bonds. The molecule has 12 rings (SSSR count). The average Bonchev–Trinajstić information content (AvgIpc) is 3.42. The zero-order chi connectivity index (χ0) is 44.5. The first-order valence-electron chi connectivity index (χ1n) is 23.1. The fraction of sp³-hybridized carbons (Fsp3) is 0. The van der Waals surface area contributed by atoms with E-state index in [1.807, 2.05) is 0 Å². The molecule has 0 spiro atoms. The van der Waals surface area contributed by atoms with E-state index < -0.39 is 0 Å². The van der Waals surface area contributed by atoms with Gasteiger partial charge in [-0.2, -0.15) is 0 Å². The molecule has 12 aromatic rings. The van der Waals surface area contributed by atoms with Crippen LogP contribution in [-0.4, -0.2) is 0 Å². The molecule has 0 aromatic heterocycles. The predicted octanol–water partition coefficient (Wildman–Crippen LogP) is 18.6. The van der Waals surface area contributed by atoms with E-state index in [0.717, 1.165) is 17.1 Å². The third kappa shape index (κ3) is 7.43. The maximum atomic E-state index is 2.45. The van der Waals surface area contributed by atoms with Crippen LogP contribution in [0.5, 0.6) is 0 Å². The van der Waals surface area contributed by atoms with Crippen molar-refractivity contribution in [1.82, 2.24) is 0 Å². The highest BCUT2D eigenvalue weighted by molar-refractivity contribution is 6.33. The summed E-state index contributed by atoms with van der Waals surface area (Å²) in [5.74, 6) is 0. The van der Waals surface area contributed by atoms with E-state index in [2.05, 4.69) is 278 Å². The highest BCUT2D eigenvalue weighted by Crippen LogP contribution is 2.50. The lowest BCUT2D eigenvalue weighted by Crippen LogP contribution is -2.10. The van der Waals surface area contributed by atoms with Crippen molar-refractivity contribution in [2.45, 2.75) is 0 Å². The first kappa shape index (κ1) is 39.8.